The van der Waals surface area contributed by atoms with Crippen LogP contribution in [0.1, 0.15) is 31.7 Å². The summed E-state index contributed by atoms with van der Waals surface area (Å²) in [5.41, 5.74) is -0.484. The predicted molar refractivity (Wildman–Crippen MR) is 68.2 cm³/mol. The molecule has 1 saturated heterocycles. The van der Waals surface area contributed by atoms with Crippen molar-refractivity contribution in [3.63, 3.8) is 0 Å². The van der Waals surface area contributed by atoms with Gasteiger partial charge in [0, 0.05) is 16.9 Å². The van der Waals surface area contributed by atoms with E-state index in [1.165, 1.54) is 6.42 Å². The fraction of sp³-hybridized carbons (Fsp3) is 0.538. The second kappa shape index (κ2) is 4.84. The molecule has 0 aromatic heterocycles. The number of nitrogens with one attached hydrogen (secondary N) is 1. The molecule has 1 heterocycles. The van der Waals surface area contributed by atoms with Crippen LogP contribution in [0.2, 0.25) is 0 Å². The van der Waals surface area contributed by atoms with Crippen molar-refractivity contribution in [2.45, 2.75) is 37.9 Å². The lowest BCUT2D eigenvalue weighted by Crippen LogP contribution is -2.30. The van der Waals surface area contributed by atoms with Gasteiger partial charge < -0.3 is 5.32 Å². The van der Waals surface area contributed by atoms with Gasteiger partial charge in [-0.05, 0) is 44.0 Å². The third-order valence-electron chi connectivity index (χ3n) is 3.22. The molecule has 1 nitrogen and oxygen atoms in total. The Labute approximate surface area is 105 Å². The lowest BCUT2D eigenvalue weighted by Gasteiger charge is -2.24. The summed E-state index contributed by atoms with van der Waals surface area (Å²) >= 11 is 3.39. The molecule has 2 rings (SSSR count). The first-order valence-electron chi connectivity index (χ1n) is 5.76. The molecule has 1 fully saturated rings. The van der Waals surface area contributed by atoms with Crippen molar-refractivity contribution in [2.75, 3.05) is 6.54 Å². The van der Waals surface area contributed by atoms with Crippen LogP contribution < -0.4 is 5.32 Å². The number of halogens is 2. The zero-order chi connectivity index (χ0) is 11.6. The topological polar surface area (TPSA) is 12.0 Å². The van der Waals surface area contributed by atoms with Gasteiger partial charge in [0.05, 0.1) is 0 Å². The van der Waals surface area contributed by atoms with Crippen molar-refractivity contribution < 1.29 is 4.39 Å². The zero-order valence-electron chi connectivity index (χ0n) is 9.47. The highest BCUT2D eigenvalue weighted by Crippen LogP contribution is 2.33. The Morgan fingerprint density at radius 1 is 1.56 bits per heavy atom. The smallest absolute Gasteiger partial charge is 0.134 e. The molecule has 0 amide bonds. The molecule has 1 N–H and O–H groups in total. The number of hydrogen-bond acceptors (Lipinski definition) is 1. The van der Waals surface area contributed by atoms with E-state index in [0.29, 0.717) is 12.5 Å². The van der Waals surface area contributed by atoms with Crippen LogP contribution in [-0.2, 0) is 5.67 Å². The summed E-state index contributed by atoms with van der Waals surface area (Å²) in [6.07, 6.45) is 2.82. The molecule has 1 aromatic rings. The summed E-state index contributed by atoms with van der Waals surface area (Å²) in [5, 5.41) is 3.35. The van der Waals surface area contributed by atoms with Gasteiger partial charge in [-0.1, -0.05) is 28.1 Å². The van der Waals surface area contributed by atoms with E-state index >= 15 is 0 Å². The van der Waals surface area contributed by atoms with Crippen molar-refractivity contribution in [2.24, 2.45) is 0 Å². The molecule has 16 heavy (non-hydrogen) atoms. The van der Waals surface area contributed by atoms with E-state index in [9.17, 15) is 4.39 Å². The summed E-state index contributed by atoms with van der Waals surface area (Å²) in [6, 6.07) is 7.87. The molecule has 1 aromatic carbocycles. The van der Waals surface area contributed by atoms with Crippen molar-refractivity contribution >= 4 is 15.9 Å². The largest absolute Gasteiger partial charge is 0.314 e. The van der Waals surface area contributed by atoms with E-state index in [1.807, 2.05) is 24.3 Å². The average Bonchev–Trinajstić information content (AvgIpc) is 2.70. The van der Waals surface area contributed by atoms with Crippen LogP contribution in [0, 0.1) is 0 Å². The van der Waals surface area contributed by atoms with Gasteiger partial charge in [0.2, 0.25) is 0 Å². The SMILES string of the molecule is CC(F)(CC1CCCN1)c1cccc(Br)c1. The summed E-state index contributed by atoms with van der Waals surface area (Å²) in [4.78, 5) is 0. The molecule has 0 aliphatic carbocycles. The third-order valence-corrected chi connectivity index (χ3v) is 3.71. The van der Waals surface area contributed by atoms with Gasteiger partial charge in [-0.2, -0.15) is 0 Å². The Hall–Kier alpha value is -0.410. The molecular formula is C13H17BrFN. The number of rotatable bonds is 3. The van der Waals surface area contributed by atoms with Gasteiger partial charge in [-0.3, -0.25) is 0 Å². The van der Waals surface area contributed by atoms with Gasteiger partial charge in [0.1, 0.15) is 5.67 Å². The van der Waals surface area contributed by atoms with Crippen molar-refractivity contribution in [1.29, 1.82) is 0 Å². The van der Waals surface area contributed by atoms with E-state index in [0.717, 1.165) is 23.0 Å². The minimum atomic E-state index is -1.24. The van der Waals surface area contributed by atoms with E-state index in [4.69, 9.17) is 0 Å². The first-order chi connectivity index (χ1) is 7.58. The van der Waals surface area contributed by atoms with Crippen molar-refractivity contribution in [3.8, 4) is 0 Å². The monoisotopic (exact) mass is 285 g/mol. The van der Waals surface area contributed by atoms with Crippen LogP contribution >= 0.6 is 15.9 Å². The van der Waals surface area contributed by atoms with Gasteiger partial charge in [-0.15, -0.1) is 0 Å². The highest BCUT2D eigenvalue weighted by molar-refractivity contribution is 9.10. The Bertz CT molecular complexity index is 359. The Morgan fingerprint density at radius 2 is 2.38 bits per heavy atom. The highest BCUT2D eigenvalue weighted by atomic mass is 79.9. The Balaban J connectivity index is 2.10. The molecule has 1 aliphatic rings. The highest BCUT2D eigenvalue weighted by Gasteiger charge is 2.30. The maximum Gasteiger partial charge on any atom is 0.134 e. The molecule has 0 radical (unpaired) electrons. The third kappa shape index (κ3) is 2.83. The molecule has 88 valence electrons. The second-order valence-corrected chi connectivity index (χ2v) is 5.62. The number of benzene rings is 1. The molecular weight excluding hydrogens is 269 g/mol. The number of alkyl halides is 1. The first-order valence-corrected chi connectivity index (χ1v) is 6.55. The molecule has 0 saturated carbocycles. The molecule has 0 spiro atoms. The first kappa shape index (κ1) is 12.1. The van der Waals surface area contributed by atoms with Crippen molar-refractivity contribution in [3.05, 3.63) is 34.3 Å². The van der Waals surface area contributed by atoms with Crippen LogP contribution in [0.25, 0.3) is 0 Å². The average molecular weight is 286 g/mol. The van der Waals surface area contributed by atoms with Crippen LogP contribution in [0.3, 0.4) is 0 Å². The summed E-state index contributed by atoms with van der Waals surface area (Å²) in [5.74, 6) is 0. The van der Waals surface area contributed by atoms with Crippen LogP contribution in [0.4, 0.5) is 4.39 Å². The Kier molecular flexibility index (Phi) is 3.65. The fourth-order valence-corrected chi connectivity index (χ4v) is 2.72. The minimum absolute atomic E-state index is 0.328. The van der Waals surface area contributed by atoms with Gasteiger partial charge in [0.15, 0.2) is 0 Å². The second-order valence-electron chi connectivity index (χ2n) is 4.71. The molecule has 2 unspecified atom stereocenters. The van der Waals surface area contributed by atoms with Gasteiger partial charge in [0.25, 0.3) is 0 Å². The quantitative estimate of drug-likeness (QED) is 0.891. The van der Waals surface area contributed by atoms with Crippen molar-refractivity contribution in [1.82, 2.24) is 5.32 Å². The molecule has 0 bridgehead atoms. The zero-order valence-corrected chi connectivity index (χ0v) is 11.1. The summed E-state index contributed by atoms with van der Waals surface area (Å²) in [7, 11) is 0. The lowest BCUT2D eigenvalue weighted by molar-refractivity contribution is 0.159. The van der Waals surface area contributed by atoms with Crippen LogP contribution in [-0.4, -0.2) is 12.6 Å². The minimum Gasteiger partial charge on any atom is -0.314 e. The molecule has 2 atom stereocenters. The normalized spacial score (nSPS) is 24.3. The van der Waals surface area contributed by atoms with E-state index in [-0.39, 0.29) is 0 Å². The van der Waals surface area contributed by atoms with Crippen LogP contribution in [0.5, 0.6) is 0 Å². The maximum absolute atomic E-state index is 14.6. The maximum atomic E-state index is 14.6. The van der Waals surface area contributed by atoms with Crippen LogP contribution in [0.15, 0.2) is 28.7 Å². The standard InChI is InChI=1S/C13H17BrFN/c1-13(15,9-12-6-3-7-16-12)10-4-2-5-11(14)8-10/h2,4-5,8,12,16H,3,6-7,9H2,1H3. The molecule has 1 aliphatic heterocycles. The van der Waals surface area contributed by atoms with E-state index in [1.54, 1.807) is 6.92 Å². The molecule has 3 heteroatoms. The van der Waals surface area contributed by atoms with E-state index in [2.05, 4.69) is 21.2 Å². The lowest BCUT2D eigenvalue weighted by atomic mass is 9.90. The fourth-order valence-electron chi connectivity index (χ4n) is 2.32. The summed E-state index contributed by atoms with van der Waals surface area (Å²) in [6.45, 7) is 2.70. The Morgan fingerprint density at radius 3 is 3.00 bits per heavy atom. The van der Waals surface area contributed by atoms with Gasteiger partial charge in [-0.25, -0.2) is 4.39 Å². The van der Waals surface area contributed by atoms with E-state index < -0.39 is 5.67 Å². The van der Waals surface area contributed by atoms with Gasteiger partial charge >= 0.3 is 0 Å². The predicted octanol–water partition coefficient (Wildman–Crippen LogP) is 3.78. The number of hydrogen-bond donors (Lipinski definition) is 1. The summed E-state index contributed by atoms with van der Waals surface area (Å²) < 4.78 is 15.5.